The minimum Gasteiger partial charge on any atom is -0.247 e. The summed E-state index contributed by atoms with van der Waals surface area (Å²) in [4.78, 5) is 5.09. The van der Waals surface area contributed by atoms with Crippen molar-refractivity contribution >= 4 is 28.6 Å². The zero-order valence-electron chi connectivity index (χ0n) is 19.9. The summed E-state index contributed by atoms with van der Waals surface area (Å²) in [7, 11) is 0. The van der Waals surface area contributed by atoms with Crippen molar-refractivity contribution in [2.45, 2.75) is 46.5 Å². The van der Waals surface area contributed by atoms with E-state index in [1.54, 1.807) is 0 Å². The van der Waals surface area contributed by atoms with Crippen LogP contribution in [0.5, 0.6) is 0 Å². The average Bonchev–Trinajstić information content (AvgIpc) is 3.42. The highest BCUT2D eigenvalue weighted by atomic mass is 14.8. The number of benzene rings is 3. The van der Waals surface area contributed by atoms with Crippen molar-refractivity contribution in [1.82, 2.24) is 0 Å². The van der Waals surface area contributed by atoms with Crippen LogP contribution in [0.3, 0.4) is 0 Å². The second kappa shape index (κ2) is 7.56. The summed E-state index contributed by atoms with van der Waals surface area (Å²) >= 11 is 0. The maximum Gasteiger partial charge on any atom is 0.0754 e. The van der Waals surface area contributed by atoms with Crippen LogP contribution in [0, 0.1) is 6.92 Å². The highest BCUT2D eigenvalue weighted by Gasteiger charge is 2.33. The van der Waals surface area contributed by atoms with Gasteiger partial charge in [-0.2, -0.15) is 0 Å². The molecule has 1 unspecified atom stereocenters. The Balaban J connectivity index is 1.38. The molecule has 1 heteroatoms. The van der Waals surface area contributed by atoms with Gasteiger partial charge in [-0.05, 0) is 97.2 Å². The van der Waals surface area contributed by atoms with E-state index in [1.165, 1.54) is 67.0 Å². The minimum atomic E-state index is 0.525. The number of rotatable bonds is 4. The van der Waals surface area contributed by atoms with Crippen LogP contribution in [0.1, 0.15) is 66.5 Å². The average molecular weight is 428 g/mol. The summed E-state index contributed by atoms with van der Waals surface area (Å²) in [5.41, 5.74) is 17.4. The fraction of sp³-hybridized carbons (Fsp3) is 0.219. The first kappa shape index (κ1) is 20.2. The molecule has 0 spiro atoms. The monoisotopic (exact) mass is 427 g/mol. The fourth-order valence-electron chi connectivity index (χ4n) is 5.88. The molecular weight excluding hydrogens is 398 g/mol. The third kappa shape index (κ3) is 3.10. The molecular formula is C32H29N. The summed E-state index contributed by atoms with van der Waals surface area (Å²) in [5, 5.41) is 0. The zero-order chi connectivity index (χ0) is 22.7. The second-order valence-electron chi connectivity index (χ2n) is 9.73. The zero-order valence-corrected chi connectivity index (χ0v) is 19.9. The Morgan fingerprint density at radius 3 is 2.36 bits per heavy atom. The fourth-order valence-corrected chi connectivity index (χ4v) is 5.88. The number of hydrogen-bond acceptors (Lipinski definition) is 1. The lowest BCUT2D eigenvalue weighted by Crippen LogP contribution is -2.01. The number of hydrogen-bond donors (Lipinski definition) is 0. The second-order valence-corrected chi connectivity index (χ2v) is 9.73. The van der Waals surface area contributed by atoms with Gasteiger partial charge in [0.1, 0.15) is 0 Å². The molecule has 33 heavy (non-hydrogen) atoms. The first-order valence-electron chi connectivity index (χ1n) is 12.0. The maximum absolute atomic E-state index is 5.09. The number of aryl methyl sites for hydroxylation is 2. The van der Waals surface area contributed by atoms with Gasteiger partial charge in [-0.15, -0.1) is 0 Å². The number of nitrogens with zero attached hydrogens (tertiary/aromatic N) is 1. The van der Waals surface area contributed by atoms with E-state index in [9.17, 15) is 0 Å². The summed E-state index contributed by atoms with van der Waals surface area (Å²) in [6.07, 6.45) is 4.59. The van der Waals surface area contributed by atoms with E-state index in [-0.39, 0.29) is 0 Å². The van der Waals surface area contributed by atoms with Crippen LogP contribution in [-0.2, 0) is 6.42 Å². The Morgan fingerprint density at radius 2 is 1.55 bits per heavy atom. The van der Waals surface area contributed by atoms with Gasteiger partial charge in [0.15, 0.2) is 0 Å². The normalized spacial score (nSPS) is 18.4. The van der Waals surface area contributed by atoms with E-state index in [1.807, 2.05) is 0 Å². The van der Waals surface area contributed by atoms with E-state index in [0.29, 0.717) is 5.92 Å². The predicted octanol–water partition coefficient (Wildman–Crippen LogP) is 8.48. The summed E-state index contributed by atoms with van der Waals surface area (Å²) < 4.78 is 0. The largest absolute Gasteiger partial charge is 0.247 e. The predicted molar refractivity (Wildman–Crippen MR) is 141 cm³/mol. The highest BCUT2D eigenvalue weighted by Crippen LogP contribution is 2.49. The Bertz CT molecular complexity index is 1430. The quantitative estimate of drug-likeness (QED) is 0.396. The molecule has 162 valence electrons. The van der Waals surface area contributed by atoms with E-state index < -0.39 is 0 Å². The van der Waals surface area contributed by atoms with Crippen molar-refractivity contribution in [3.05, 3.63) is 117 Å². The van der Waals surface area contributed by atoms with Gasteiger partial charge < -0.3 is 0 Å². The standard InChI is InChI=1S/C32H29N/c1-19-17-29-28(18-24(19)14-15-26-20(2)16-25-12-8-9-13-27(25)26)31-30(23-10-6-5-7-11-23)21(3)22(4)32(31)33-29/h5-13,16-18,26H,14-15H2,1-4H3. The van der Waals surface area contributed by atoms with Gasteiger partial charge in [0.25, 0.3) is 0 Å². The summed E-state index contributed by atoms with van der Waals surface area (Å²) in [6, 6.07) is 24.4. The molecule has 3 aromatic carbocycles. The van der Waals surface area contributed by atoms with Crippen molar-refractivity contribution in [1.29, 1.82) is 0 Å². The van der Waals surface area contributed by atoms with E-state index in [0.717, 1.165) is 18.5 Å². The highest BCUT2D eigenvalue weighted by molar-refractivity contribution is 6.45. The van der Waals surface area contributed by atoms with Gasteiger partial charge in [0.2, 0.25) is 0 Å². The molecule has 0 saturated carbocycles. The van der Waals surface area contributed by atoms with E-state index in [4.69, 9.17) is 4.99 Å². The molecule has 0 bridgehead atoms. The van der Waals surface area contributed by atoms with Crippen molar-refractivity contribution in [3.8, 4) is 0 Å². The molecule has 0 saturated heterocycles. The number of aliphatic imine (C=N–C) groups is 1. The SMILES string of the molecule is CC1=Cc2ccccc2C1CCc1cc2c(cc1C)N=C1C(C)=C(C)C(c3ccccc3)=C12. The number of fused-ring (bicyclic) bond motifs is 4. The molecule has 3 aromatic rings. The van der Waals surface area contributed by atoms with Crippen LogP contribution in [0.4, 0.5) is 5.69 Å². The van der Waals surface area contributed by atoms with Crippen LogP contribution in [0.15, 0.2) is 88.4 Å². The van der Waals surface area contributed by atoms with Gasteiger partial charge in [0.05, 0.1) is 11.4 Å². The molecule has 0 radical (unpaired) electrons. The van der Waals surface area contributed by atoms with Crippen LogP contribution >= 0.6 is 0 Å². The molecule has 0 N–H and O–H groups in total. The first-order chi connectivity index (χ1) is 16.0. The third-order valence-electron chi connectivity index (χ3n) is 7.80. The topological polar surface area (TPSA) is 12.4 Å². The van der Waals surface area contributed by atoms with E-state index in [2.05, 4.69) is 101 Å². The lowest BCUT2D eigenvalue weighted by Gasteiger charge is -2.17. The lowest BCUT2D eigenvalue weighted by atomic mass is 9.87. The van der Waals surface area contributed by atoms with Crippen LogP contribution in [-0.4, -0.2) is 5.71 Å². The van der Waals surface area contributed by atoms with Crippen LogP contribution < -0.4 is 0 Å². The van der Waals surface area contributed by atoms with Gasteiger partial charge in [-0.1, -0.05) is 66.2 Å². The Labute approximate surface area is 196 Å². The Kier molecular flexibility index (Phi) is 4.62. The molecule has 6 rings (SSSR count). The van der Waals surface area contributed by atoms with Crippen molar-refractivity contribution < 1.29 is 0 Å². The summed E-state index contributed by atoms with van der Waals surface area (Å²) in [6.45, 7) is 8.99. The van der Waals surface area contributed by atoms with Gasteiger partial charge in [-0.25, -0.2) is 4.99 Å². The molecule has 0 fully saturated rings. The molecule has 1 atom stereocenters. The van der Waals surface area contributed by atoms with Crippen LogP contribution in [0.2, 0.25) is 0 Å². The molecule has 0 aromatic heterocycles. The first-order valence-corrected chi connectivity index (χ1v) is 12.0. The van der Waals surface area contributed by atoms with Crippen molar-refractivity contribution in [2.75, 3.05) is 0 Å². The Morgan fingerprint density at radius 1 is 0.788 bits per heavy atom. The number of allylic oxidation sites excluding steroid dienone is 5. The Hall–Kier alpha value is -3.45. The molecule has 1 nitrogen and oxygen atoms in total. The van der Waals surface area contributed by atoms with E-state index >= 15 is 0 Å². The molecule has 2 aliphatic carbocycles. The van der Waals surface area contributed by atoms with Crippen molar-refractivity contribution in [2.24, 2.45) is 4.99 Å². The molecule has 1 heterocycles. The lowest BCUT2D eigenvalue weighted by molar-refractivity contribution is 0.712. The van der Waals surface area contributed by atoms with Crippen LogP contribution in [0.25, 0.3) is 17.2 Å². The van der Waals surface area contributed by atoms with Crippen molar-refractivity contribution in [3.63, 3.8) is 0 Å². The maximum atomic E-state index is 5.09. The van der Waals surface area contributed by atoms with Gasteiger partial charge in [-0.3, -0.25) is 0 Å². The molecule has 3 aliphatic rings. The smallest absolute Gasteiger partial charge is 0.0754 e. The van der Waals surface area contributed by atoms with Gasteiger partial charge >= 0.3 is 0 Å². The summed E-state index contributed by atoms with van der Waals surface area (Å²) in [5.74, 6) is 0.525. The van der Waals surface area contributed by atoms with Gasteiger partial charge in [0, 0.05) is 17.1 Å². The molecule has 0 amide bonds. The third-order valence-corrected chi connectivity index (χ3v) is 7.80. The molecule has 1 aliphatic heterocycles. The minimum absolute atomic E-state index is 0.525.